The Balaban J connectivity index is 1.42. The number of rotatable bonds is 7. The molecule has 1 aliphatic rings. The van der Waals surface area contributed by atoms with Crippen molar-refractivity contribution >= 4 is 5.91 Å². The third-order valence-corrected chi connectivity index (χ3v) is 4.11. The molecule has 1 amide bonds. The van der Waals surface area contributed by atoms with Gasteiger partial charge in [-0.15, -0.1) is 0 Å². The van der Waals surface area contributed by atoms with Crippen LogP contribution in [0.25, 0.3) is 11.4 Å². The van der Waals surface area contributed by atoms with Crippen LogP contribution in [0.2, 0.25) is 0 Å². The summed E-state index contributed by atoms with van der Waals surface area (Å²) in [6.07, 6.45) is 3.87. The third kappa shape index (κ3) is 3.72. The Labute approximate surface area is 130 Å². The van der Waals surface area contributed by atoms with Crippen LogP contribution in [0.3, 0.4) is 0 Å². The number of hydrogen-bond donors (Lipinski definition) is 1. The van der Waals surface area contributed by atoms with E-state index in [0.717, 1.165) is 12.0 Å². The largest absolute Gasteiger partial charge is 0.356 e. The molecule has 0 aliphatic heterocycles. The molecule has 1 saturated carbocycles. The van der Waals surface area contributed by atoms with E-state index in [0.29, 0.717) is 30.6 Å². The van der Waals surface area contributed by atoms with E-state index in [1.54, 1.807) is 0 Å². The van der Waals surface area contributed by atoms with Crippen LogP contribution in [0.15, 0.2) is 34.9 Å². The molecule has 22 heavy (non-hydrogen) atoms. The van der Waals surface area contributed by atoms with Gasteiger partial charge in [0, 0.05) is 24.4 Å². The topological polar surface area (TPSA) is 68.0 Å². The van der Waals surface area contributed by atoms with Gasteiger partial charge >= 0.3 is 0 Å². The molecule has 1 unspecified atom stereocenters. The zero-order valence-corrected chi connectivity index (χ0v) is 12.8. The molecule has 5 nitrogen and oxygen atoms in total. The van der Waals surface area contributed by atoms with E-state index in [2.05, 4.69) is 15.5 Å². The van der Waals surface area contributed by atoms with Gasteiger partial charge in [0.25, 0.3) is 0 Å². The highest BCUT2D eigenvalue weighted by Crippen LogP contribution is 2.36. The summed E-state index contributed by atoms with van der Waals surface area (Å²) in [6.45, 7) is 2.66. The number of benzene rings is 1. The van der Waals surface area contributed by atoms with Crippen molar-refractivity contribution in [1.29, 1.82) is 0 Å². The number of hydrogen-bond acceptors (Lipinski definition) is 4. The molecule has 1 atom stereocenters. The summed E-state index contributed by atoms with van der Waals surface area (Å²) in [7, 11) is 0. The van der Waals surface area contributed by atoms with Crippen molar-refractivity contribution in [2.75, 3.05) is 6.54 Å². The van der Waals surface area contributed by atoms with Crippen molar-refractivity contribution in [3.8, 4) is 11.4 Å². The number of carbonyl (C=O) groups excluding carboxylic acids is 1. The van der Waals surface area contributed by atoms with E-state index in [1.165, 1.54) is 12.8 Å². The summed E-state index contributed by atoms with van der Waals surface area (Å²) >= 11 is 0. The SMILES string of the molecule is CC(C(=O)NCCCc1nc(-c2ccccc2)no1)C1CC1. The highest BCUT2D eigenvalue weighted by molar-refractivity contribution is 5.78. The maximum atomic E-state index is 11.9. The lowest BCUT2D eigenvalue weighted by molar-refractivity contribution is -0.125. The predicted octanol–water partition coefficient (Wildman–Crippen LogP) is 2.83. The first kappa shape index (κ1) is 14.8. The molecule has 1 heterocycles. The van der Waals surface area contributed by atoms with Gasteiger partial charge in [-0.05, 0) is 25.2 Å². The Hall–Kier alpha value is -2.17. The molecule has 116 valence electrons. The first-order valence-corrected chi connectivity index (χ1v) is 7.90. The predicted molar refractivity (Wildman–Crippen MR) is 83.0 cm³/mol. The highest BCUT2D eigenvalue weighted by atomic mass is 16.5. The molecular formula is C17H21N3O2. The van der Waals surface area contributed by atoms with Crippen molar-refractivity contribution < 1.29 is 9.32 Å². The minimum absolute atomic E-state index is 0.146. The molecular weight excluding hydrogens is 278 g/mol. The average molecular weight is 299 g/mol. The number of carbonyl (C=O) groups is 1. The smallest absolute Gasteiger partial charge is 0.227 e. The van der Waals surface area contributed by atoms with E-state index < -0.39 is 0 Å². The zero-order chi connectivity index (χ0) is 15.4. The lowest BCUT2D eigenvalue weighted by Crippen LogP contribution is -2.31. The molecule has 1 N–H and O–H groups in total. The zero-order valence-electron chi connectivity index (χ0n) is 12.8. The summed E-state index contributed by atoms with van der Waals surface area (Å²) in [5, 5.41) is 6.97. The summed E-state index contributed by atoms with van der Waals surface area (Å²) in [6, 6.07) is 9.75. The van der Waals surface area contributed by atoms with Crippen LogP contribution in [0.1, 0.15) is 32.1 Å². The van der Waals surface area contributed by atoms with Gasteiger partial charge < -0.3 is 9.84 Å². The normalized spacial score (nSPS) is 15.5. The highest BCUT2D eigenvalue weighted by Gasteiger charge is 2.32. The Morgan fingerprint density at radius 1 is 1.36 bits per heavy atom. The van der Waals surface area contributed by atoms with Crippen LogP contribution < -0.4 is 5.32 Å². The Morgan fingerprint density at radius 3 is 2.86 bits per heavy atom. The Kier molecular flexibility index (Phi) is 4.51. The standard InChI is InChI=1S/C17H21N3O2/c1-12(13-9-10-13)17(21)18-11-5-8-15-19-16(20-22-15)14-6-3-2-4-7-14/h2-4,6-7,12-13H,5,8-11H2,1H3,(H,18,21). The van der Waals surface area contributed by atoms with Crippen LogP contribution in [0, 0.1) is 11.8 Å². The molecule has 3 rings (SSSR count). The van der Waals surface area contributed by atoms with Crippen LogP contribution in [-0.2, 0) is 11.2 Å². The van der Waals surface area contributed by atoms with Crippen molar-refractivity contribution in [3.05, 3.63) is 36.2 Å². The summed E-state index contributed by atoms with van der Waals surface area (Å²) < 4.78 is 5.25. The number of amides is 1. The Morgan fingerprint density at radius 2 is 2.14 bits per heavy atom. The van der Waals surface area contributed by atoms with Crippen molar-refractivity contribution in [1.82, 2.24) is 15.5 Å². The van der Waals surface area contributed by atoms with E-state index in [1.807, 2.05) is 37.3 Å². The summed E-state index contributed by atoms with van der Waals surface area (Å²) in [5.74, 6) is 2.14. The van der Waals surface area contributed by atoms with Gasteiger partial charge in [-0.3, -0.25) is 4.79 Å². The average Bonchev–Trinajstić information content (AvgIpc) is 3.30. The van der Waals surface area contributed by atoms with E-state index in [9.17, 15) is 4.79 Å². The maximum Gasteiger partial charge on any atom is 0.227 e. The first-order chi connectivity index (χ1) is 10.7. The fourth-order valence-corrected chi connectivity index (χ4v) is 2.48. The van der Waals surface area contributed by atoms with E-state index >= 15 is 0 Å². The monoisotopic (exact) mass is 299 g/mol. The number of aromatic nitrogens is 2. The lowest BCUT2D eigenvalue weighted by Gasteiger charge is -2.10. The van der Waals surface area contributed by atoms with Crippen LogP contribution in [0.4, 0.5) is 0 Å². The van der Waals surface area contributed by atoms with Crippen molar-refractivity contribution in [2.45, 2.75) is 32.6 Å². The second kappa shape index (κ2) is 6.73. The number of nitrogens with zero attached hydrogens (tertiary/aromatic N) is 2. The van der Waals surface area contributed by atoms with Gasteiger partial charge in [0.2, 0.25) is 17.6 Å². The van der Waals surface area contributed by atoms with Gasteiger partial charge in [0.1, 0.15) is 0 Å². The van der Waals surface area contributed by atoms with Gasteiger partial charge in [-0.25, -0.2) is 0 Å². The first-order valence-electron chi connectivity index (χ1n) is 7.90. The minimum atomic E-state index is 0.146. The van der Waals surface area contributed by atoms with Gasteiger partial charge in [-0.2, -0.15) is 4.98 Å². The van der Waals surface area contributed by atoms with Gasteiger partial charge in [0.15, 0.2) is 0 Å². The van der Waals surface area contributed by atoms with Crippen LogP contribution >= 0.6 is 0 Å². The maximum absolute atomic E-state index is 11.9. The molecule has 0 bridgehead atoms. The number of nitrogens with one attached hydrogen (secondary N) is 1. The molecule has 1 aliphatic carbocycles. The Bertz CT molecular complexity index is 620. The van der Waals surface area contributed by atoms with Crippen LogP contribution in [-0.4, -0.2) is 22.6 Å². The molecule has 1 aromatic carbocycles. The van der Waals surface area contributed by atoms with Crippen molar-refractivity contribution in [3.63, 3.8) is 0 Å². The summed E-state index contributed by atoms with van der Waals surface area (Å²) in [5.41, 5.74) is 0.948. The van der Waals surface area contributed by atoms with Gasteiger partial charge in [0.05, 0.1) is 0 Å². The quantitative estimate of drug-likeness (QED) is 0.798. The van der Waals surface area contributed by atoms with E-state index in [4.69, 9.17) is 4.52 Å². The fraction of sp³-hybridized carbons (Fsp3) is 0.471. The van der Waals surface area contributed by atoms with E-state index in [-0.39, 0.29) is 11.8 Å². The second-order valence-corrected chi connectivity index (χ2v) is 5.90. The minimum Gasteiger partial charge on any atom is -0.356 e. The molecule has 1 fully saturated rings. The molecule has 2 aromatic rings. The third-order valence-electron chi connectivity index (χ3n) is 4.11. The second-order valence-electron chi connectivity index (χ2n) is 5.90. The van der Waals surface area contributed by atoms with Crippen molar-refractivity contribution in [2.24, 2.45) is 11.8 Å². The molecule has 0 spiro atoms. The lowest BCUT2D eigenvalue weighted by atomic mass is 10.1. The van der Waals surface area contributed by atoms with Gasteiger partial charge in [-0.1, -0.05) is 42.4 Å². The molecule has 0 saturated heterocycles. The number of aryl methyl sites for hydroxylation is 1. The molecule has 5 heteroatoms. The fourth-order valence-electron chi connectivity index (χ4n) is 2.48. The molecule has 1 aromatic heterocycles. The summed E-state index contributed by atoms with van der Waals surface area (Å²) in [4.78, 5) is 16.2. The van der Waals surface area contributed by atoms with Crippen LogP contribution in [0.5, 0.6) is 0 Å². The molecule has 0 radical (unpaired) electrons.